The summed E-state index contributed by atoms with van der Waals surface area (Å²) in [5.41, 5.74) is 3.77. The predicted octanol–water partition coefficient (Wildman–Crippen LogP) is 5.15. The Morgan fingerprint density at radius 2 is 1.86 bits per heavy atom. The average molecular weight is 415 g/mol. The first-order valence-corrected chi connectivity index (χ1v) is 10.7. The number of amides is 1. The maximum absolute atomic E-state index is 12.3. The fourth-order valence-electron chi connectivity index (χ4n) is 2.61. The van der Waals surface area contributed by atoms with Gasteiger partial charge in [0.1, 0.15) is 11.5 Å². The van der Waals surface area contributed by atoms with Crippen LogP contribution in [0.15, 0.2) is 47.8 Å². The van der Waals surface area contributed by atoms with Crippen LogP contribution in [0.25, 0.3) is 0 Å². The number of methoxy groups -OCH3 is 2. The van der Waals surface area contributed by atoms with Crippen molar-refractivity contribution < 1.29 is 14.3 Å². The van der Waals surface area contributed by atoms with Crippen molar-refractivity contribution in [1.82, 2.24) is 4.98 Å². The van der Waals surface area contributed by atoms with Crippen molar-refractivity contribution in [3.8, 4) is 11.5 Å². The van der Waals surface area contributed by atoms with Crippen molar-refractivity contribution in [3.05, 3.63) is 70.2 Å². The fraction of sp³-hybridized carbons (Fsp3) is 0.238. The molecule has 1 aromatic heterocycles. The van der Waals surface area contributed by atoms with Gasteiger partial charge in [-0.05, 0) is 36.8 Å². The smallest absolute Gasteiger partial charge is 0.257 e. The molecule has 0 unspecified atom stereocenters. The number of rotatable bonds is 8. The Labute approximate surface area is 173 Å². The van der Waals surface area contributed by atoms with Gasteiger partial charge in [0, 0.05) is 28.5 Å². The molecule has 0 bridgehead atoms. The summed E-state index contributed by atoms with van der Waals surface area (Å²) in [6, 6.07) is 13.4. The molecule has 0 aliphatic rings. The summed E-state index contributed by atoms with van der Waals surface area (Å²) in [4.78, 5) is 16.8. The van der Waals surface area contributed by atoms with Gasteiger partial charge in [0.05, 0.1) is 19.9 Å². The number of carbonyl (C=O) groups excluding carboxylic acids is 1. The number of thiazole rings is 1. The van der Waals surface area contributed by atoms with Crippen molar-refractivity contribution >= 4 is 34.1 Å². The maximum Gasteiger partial charge on any atom is 0.257 e. The average Bonchev–Trinajstić information content (AvgIpc) is 3.14. The molecule has 3 aromatic rings. The van der Waals surface area contributed by atoms with E-state index in [-0.39, 0.29) is 5.91 Å². The van der Waals surface area contributed by atoms with Gasteiger partial charge < -0.3 is 9.47 Å². The minimum absolute atomic E-state index is 0.138. The molecule has 7 heteroatoms. The second-order valence-corrected chi connectivity index (χ2v) is 8.03. The summed E-state index contributed by atoms with van der Waals surface area (Å²) < 4.78 is 10.6. The Balaban J connectivity index is 1.54. The number of anilines is 1. The van der Waals surface area contributed by atoms with E-state index in [1.807, 2.05) is 48.7 Å². The van der Waals surface area contributed by atoms with Crippen LogP contribution < -0.4 is 14.8 Å². The number of aryl methyl sites for hydroxylation is 1. The Bertz CT molecular complexity index is 934. The summed E-state index contributed by atoms with van der Waals surface area (Å²) in [6.45, 7) is 1.97. The molecule has 1 heterocycles. The Hall–Kier alpha value is -2.51. The van der Waals surface area contributed by atoms with Gasteiger partial charge >= 0.3 is 0 Å². The van der Waals surface area contributed by atoms with E-state index >= 15 is 0 Å². The first kappa shape index (κ1) is 20.2. The van der Waals surface area contributed by atoms with Crippen LogP contribution in [0.5, 0.6) is 11.5 Å². The second-order valence-electron chi connectivity index (χ2n) is 6.18. The third-order valence-corrected chi connectivity index (χ3v) is 5.83. The molecule has 0 atom stereocenters. The predicted molar refractivity (Wildman–Crippen MR) is 116 cm³/mol. The summed E-state index contributed by atoms with van der Waals surface area (Å²) in [6.07, 6.45) is 0. The third kappa shape index (κ3) is 5.50. The van der Waals surface area contributed by atoms with E-state index in [1.165, 1.54) is 11.3 Å². The van der Waals surface area contributed by atoms with Crippen molar-refractivity contribution in [1.29, 1.82) is 0 Å². The summed E-state index contributed by atoms with van der Waals surface area (Å²) in [5, 5.41) is 5.46. The quantitative estimate of drug-likeness (QED) is 0.552. The number of nitrogens with zero attached hydrogens (tertiary/aromatic N) is 1. The topological polar surface area (TPSA) is 60.5 Å². The van der Waals surface area contributed by atoms with Gasteiger partial charge in [-0.1, -0.05) is 17.7 Å². The molecule has 2 aromatic carbocycles. The van der Waals surface area contributed by atoms with Crippen LogP contribution in [0.2, 0.25) is 0 Å². The van der Waals surface area contributed by atoms with Crippen LogP contribution >= 0.6 is 23.1 Å². The number of carbonyl (C=O) groups is 1. The highest BCUT2D eigenvalue weighted by Crippen LogP contribution is 2.27. The van der Waals surface area contributed by atoms with Gasteiger partial charge in [0.15, 0.2) is 5.13 Å². The molecule has 0 spiro atoms. The second kappa shape index (κ2) is 9.61. The highest BCUT2D eigenvalue weighted by atomic mass is 32.2. The first-order chi connectivity index (χ1) is 13.6. The largest absolute Gasteiger partial charge is 0.497 e. The van der Waals surface area contributed by atoms with Gasteiger partial charge in [-0.3, -0.25) is 10.1 Å². The molecule has 3 rings (SSSR count). The summed E-state index contributed by atoms with van der Waals surface area (Å²) >= 11 is 3.19. The Morgan fingerprint density at radius 3 is 2.54 bits per heavy atom. The van der Waals surface area contributed by atoms with Crippen LogP contribution in [0, 0.1) is 6.92 Å². The number of ether oxygens (including phenoxy) is 2. The molecule has 0 radical (unpaired) electrons. The van der Waals surface area contributed by atoms with E-state index in [2.05, 4.69) is 10.3 Å². The SMILES string of the molecule is COc1cc(CSCc2csc(NC(=O)c3cccc(C)c3)n2)cc(OC)c1. The van der Waals surface area contributed by atoms with E-state index in [0.29, 0.717) is 10.7 Å². The standard InChI is InChI=1S/C21H22N2O3S2/c1-14-5-4-6-16(7-14)20(24)23-21-22-17(13-28-21)12-27-11-15-8-18(25-2)10-19(9-15)26-3/h4-10,13H,11-12H2,1-3H3,(H,22,23,24). The summed E-state index contributed by atoms with van der Waals surface area (Å²) in [7, 11) is 3.29. The van der Waals surface area contributed by atoms with Crippen molar-refractivity contribution in [3.63, 3.8) is 0 Å². The van der Waals surface area contributed by atoms with Crippen LogP contribution in [0.1, 0.15) is 27.2 Å². The Morgan fingerprint density at radius 1 is 1.11 bits per heavy atom. The lowest BCUT2D eigenvalue weighted by atomic mass is 10.1. The molecular formula is C21H22N2O3S2. The van der Waals surface area contributed by atoms with Crippen LogP contribution in [-0.2, 0) is 11.5 Å². The lowest BCUT2D eigenvalue weighted by molar-refractivity contribution is 0.102. The highest BCUT2D eigenvalue weighted by molar-refractivity contribution is 7.97. The van der Waals surface area contributed by atoms with Crippen LogP contribution in [0.3, 0.4) is 0 Å². The number of hydrogen-bond donors (Lipinski definition) is 1. The van der Waals surface area contributed by atoms with Gasteiger partial charge in [-0.15, -0.1) is 11.3 Å². The van der Waals surface area contributed by atoms with Crippen molar-refractivity contribution in [2.24, 2.45) is 0 Å². The normalized spacial score (nSPS) is 10.5. The summed E-state index contributed by atoms with van der Waals surface area (Å²) in [5.74, 6) is 3.00. The molecule has 146 valence electrons. The molecule has 28 heavy (non-hydrogen) atoms. The van der Waals surface area contributed by atoms with Crippen molar-refractivity contribution in [2.75, 3.05) is 19.5 Å². The van der Waals surface area contributed by atoms with Gasteiger partial charge in [0.2, 0.25) is 0 Å². The number of aromatic nitrogens is 1. The van der Waals surface area contributed by atoms with Crippen LogP contribution in [-0.4, -0.2) is 25.1 Å². The minimum atomic E-state index is -0.138. The molecule has 1 N–H and O–H groups in total. The number of benzene rings is 2. The van der Waals surface area contributed by atoms with E-state index in [4.69, 9.17) is 9.47 Å². The number of nitrogens with one attached hydrogen (secondary N) is 1. The van der Waals surface area contributed by atoms with Crippen LogP contribution in [0.4, 0.5) is 5.13 Å². The van der Waals surface area contributed by atoms with Crippen molar-refractivity contribution in [2.45, 2.75) is 18.4 Å². The molecule has 5 nitrogen and oxygen atoms in total. The molecule has 0 aliphatic carbocycles. The van der Waals surface area contributed by atoms with E-state index in [0.717, 1.165) is 39.8 Å². The lowest BCUT2D eigenvalue weighted by Gasteiger charge is -2.08. The number of hydrogen-bond acceptors (Lipinski definition) is 6. The van der Waals surface area contributed by atoms with Gasteiger partial charge in [0.25, 0.3) is 5.91 Å². The monoisotopic (exact) mass is 414 g/mol. The van der Waals surface area contributed by atoms with Gasteiger partial charge in [-0.25, -0.2) is 4.98 Å². The fourth-order valence-corrected chi connectivity index (χ4v) is 4.28. The third-order valence-electron chi connectivity index (χ3n) is 3.98. The minimum Gasteiger partial charge on any atom is -0.497 e. The van der Waals surface area contributed by atoms with E-state index in [1.54, 1.807) is 32.0 Å². The molecule has 0 saturated carbocycles. The zero-order valence-electron chi connectivity index (χ0n) is 16.0. The maximum atomic E-state index is 12.3. The molecule has 0 aliphatic heterocycles. The molecule has 1 amide bonds. The van der Waals surface area contributed by atoms with E-state index in [9.17, 15) is 4.79 Å². The Kier molecular flexibility index (Phi) is 6.95. The number of thioether (sulfide) groups is 1. The first-order valence-electron chi connectivity index (χ1n) is 8.69. The molecular weight excluding hydrogens is 392 g/mol. The van der Waals surface area contributed by atoms with Gasteiger partial charge in [-0.2, -0.15) is 11.8 Å². The molecule has 0 saturated heterocycles. The van der Waals surface area contributed by atoms with E-state index < -0.39 is 0 Å². The zero-order chi connectivity index (χ0) is 19.9. The highest BCUT2D eigenvalue weighted by Gasteiger charge is 2.10. The lowest BCUT2D eigenvalue weighted by Crippen LogP contribution is -2.11. The zero-order valence-corrected chi connectivity index (χ0v) is 17.7. The molecule has 0 fully saturated rings.